The number of carboxylic acid groups (broad SMARTS) is 2. The van der Waals surface area contributed by atoms with Crippen LogP contribution in [0.1, 0.15) is 13.8 Å². The van der Waals surface area contributed by atoms with Gasteiger partial charge in [-0.15, -0.1) is 0 Å². The number of carbonyl (C=O) groups is 2. The molecule has 3 N–H and O–H groups in total. The lowest BCUT2D eigenvalue weighted by Crippen LogP contribution is -2.40. The Hall–Kier alpha value is -1.18. The van der Waals surface area contributed by atoms with Crippen LogP contribution in [0.2, 0.25) is 0 Å². The molecule has 0 aromatic heterocycles. The molecule has 0 amide bonds. The molecule has 1 rings (SSSR count). The summed E-state index contributed by atoms with van der Waals surface area (Å²) < 4.78 is 5.28. The van der Waals surface area contributed by atoms with E-state index in [4.69, 9.17) is 24.5 Å². The summed E-state index contributed by atoms with van der Waals surface area (Å²) in [5, 5.41) is 18.2. The van der Waals surface area contributed by atoms with Crippen LogP contribution in [0.25, 0.3) is 0 Å². The summed E-state index contributed by atoms with van der Waals surface area (Å²) in [6.45, 7) is 11.9. The Labute approximate surface area is 113 Å². The maximum absolute atomic E-state index is 9.10. The summed E-state index contributed by atoms with van der Waals surface area (Å²) >= 11 is 0. The first kappa shape index (κ1) is 17.8. The van der Waals surface area contributed by atoms with Crippen molar-refractivity contribution in [3.8, 4) is 0 Å². The van der Waals surface area contributed by atoms with Crippen molar-refractivity contribution in [2.75, 3.05) is 45.9 Å². The Morgan fingerprint density at radius 3 is 2.16 bits per heavy atom. The van der Waals surface area contributed by atoms with Crippen LogP contribution in [-0.2, 0) is 14.3 Å². The highest BCUT2D eigenvalue weighted by Gasteiger charge is 2.08. The van der Waals surface area contributed by atoms with E-state index in [9.17, 15) is 0 Å². The quantitative estimate of drug-likeness (QED) is 0.469. The van der Waals surface area contributed by atoms with Crippen LogP contribution < -0.4 is 5.32 Å². The lowest BCUT2D eigenvalue weighted by atomic mass is 10.2. The van der Waals surface area contributed by atoms with Gasteiger partial charge in [-0.3, -0.25) is 4.90 Å². The number of nitrogens with one attached hydrogen (secondary N) is 1. The van der Waals surface area contributed by atoms with Gasteiger partial charge in [-0.2, -0.15) is 0 Å². The van der Waals surface area contributed by atoms with E-state index < -0.39 is 11.9 Å². The summed E-state index contributed by atoms with van der Waals surface area (Å²) in [5.41, 5.74) is 0. The summed E-state index contributed by atoms with van der Waals surface area (Å²) in [4.78, 5) is 20.7. The third kappa shape index (κ3) is 11.6. The average molecular weight is 276 g/mol. The Balaban J connectivity index is 0.000000459. The number of hydrogen-bond donors (Lipinski definition) is 3. The second kappa shape index (κ2) is 10.7. The van der Waals surface area contributed by atoms with E-state index in [1.807, 2.05) is 0 Å². The second-order valence-corrected chi connectivity index (χ2v) is 4.66. The predicted molar refractivity (Wildman–Crippen MR) is 70.2 cm³/mol. The van der Waals surface area contributed by atoms with E-state index in [0.29, 0.717) is 0 Å². The summed E-state index contributed by atoms with van der Waals surface area (Å²) in [6, 6.07) is 0. The molecule has 1 fully saturated rings. The summed E-state index contributed by atoms with van der Waals surface area (Å²) in [5.74, 6) is -2.89. The fraction of sp³-hybridized carbons (Fsp3) is 0.833. The molecule has 0 radical (unpaired) electrons. The van der Waals surface area contributed by atoms with Crippen molar-refractivity contribution in [1.29, 1.82) is 0 Å². The molecule has 0 unspecified atom stereocenters. The molecular formula is C12H24N2O5. The van der Waals surface area contributed by atoms with E-state index in [-0.39, 0.29) is 0 Å². The van der Waals surface area contributed by atoms with E-state index in [0.717, 1.165) is 51.9 Å². The molecular weight excluding hydrogens is 252 g/mol. The third-order valence-corrected chi connectivity index (χ3v) is 2.44. The standard InChI is InChI=1S/C10H22N2O.C2H2O4/c1-10(2)9-11-3-4-12-5-7-13-8-6-12;3-1(4)2(5)6/h10-11H,3-9H2,1-2H3;(H,3,4)(H,5,6). The van der Waals surface area contributed by atoms with E-state index in [2.05, 4.69) is 24.1 Å². The van der Waals surface area contributed by atoms with E-state index >= 15 is 0 Å². The van der Waals surface area contributed by atoms with Crippen molar-refractivity contribution in [2.24, 2.45) is 5.92 Å². The molecule has 1 aliphatic rings. The van der Waals surface area contributed by atoms with Crippen molar-refractivity contribution >= 4 is 11.9 Å². The molecule has 7 heteroatoms. The van der Waals surface area contributed by atoms with E-state index in [1.165, 1.54) is 0 Å². The van der Waals surface area contributed by atoms with Gasteiger partial charge < -0.3 is 20.3 Å². The van der Waals surface area contributed by atoms with Crippen LogP contribution in [-0.4, -0.2) is 73.0 Å². The zero-order valence-electron chi connectivity index (χ0n) is 11.6. The van der Waals surface area contributed by atoms with Crippen LogP contribution in [0.5, 0.6) is 0 Å². The Morgan fingerprint density at radius 1 is 1.21 bits per heavy atom. The lowest BCUT2D eigenvalue weighted by molar-refractivity contribution is -0.159. The summed E-state index contributed by atoms with van der Waals surface area (Å²) in [6.07, 6.45) is 0. The topological polar surface area (TPSA) is 99.1 Å². The van der Waals surface area contributed by atoms with Crippen molar-refractivity contribution in [3.63, 3.8) is 0 Å². The Kier molecular flexibility index (Phi) is 10.1. The van der Waals surface area contributed by atoms with Crippen molar-refractivity contribution in [2.45, 2.75) is 13.8 Å². The minimum absolute atomic E-state index is 0.754. The molecule has 7 nitrogen and oxygen atoms in total. The maximum Gasteiger partial charge on any atom is 0.414 e. The molecule has 0 aromatic rings. The SMILES string of the molecule is CC(C)CNCCN1CCOCC1.O=C(O)C(=O)O. The second-order valence-electron chi connectivity index (χ2n) is 4.66. The van der Waals surface area contributed by atoms with Gasteiger partial charge >= 0.3 is 11.9 Å². The summed E-state index contributed by atoms with van der Waals surface area (Å²) in [7, 11) is 0. The molecule has 112 valence electrons. The van der Waals surface area contributed by atoms with Gasteiger partial charge in [0, 0.05) is 26.2 Å². The predicted octanol–water partition coefficient (Wildman–Crippen LogP) is -0.280. The number of hydrogen-bond acceptors (Lipinski definition) is 5. The zero-order valence-corrected chi connectivity index (χ0v) is 11.6. The Bertz CT molecular complexity index is 253. The van der Waals surface area contributed by atoms with Crippen molar-refractivity contribution in [3.05, 3.63) is 0 Å². The van der Waals surface area contributed by atoms with Gasteiger partial charge in [0.1, 0.15) is 0 Å². The highest BCUT2D eigenvalue weighted by molar-refractivity contribution is 6.27. The number of rotatable bonds is 5. The number of aliphatic carboxylic acids is 2. The smallest absolute Gasteiger partial charge is 0.414 e. The first-order valence-electron chi connectivity index (χ1n) is 6.40. The average Bonchev–Trinajstić information content (AvgIpc) is 2.36. The van der Waals surface area contributed by atoms with Crippen LogP contribution >= 0.6 is 0 Å². The molecule has 0 atom stereocenters. The minimum atomic E-state index is -1.82. The lowest BCUT2D eigenvalue weighted by Gasteiger charge is -2.26. The molecule has 0 spiro atoms. The molecule has 0 aromatic carbocycles. The highest BCUT2D eigenvalue weighted by Crippen LogP contribution is 1.95. The molecule has 19 heavy (non-hydrogen) atoms. The molecule has 1 aliphatic heterocycles. The van der Waals surface area contributed by atoms with Crippen LogP contribution in [0.4, 0.5) is 0 Å². The number of nitrogens with zero attached hydrogens (tertiary/aromatic N) is 1. The third-order valence-electron chi connectivity index (χ3n) is 2.44. The van der Waals surface area contributed by atoms with Gasteiger partial charge in [-0.25, -0.2) is 9.59 Å². The molecule has 0 bridgehead atoms. The molecule has 0 aliphatic carbocycles. The molecule has 1 saturated heterocycles. The maximum atomic E-state index is 9.10. The number of ether oxygens (including phenoxy) is 1. The number of morpholine rings is 1. The van der Waals surface area contributed by atoms with Gasteiger partial charge in [0.25, 0.3) is 0 Å². The van der Waals surface area contributed by atoms with Gasteiger partial charge in [0.2, 0.25) is 0 Å². The van der Waals surface area contributed by atoms with Gasteiger partial charge in [-0.05, 0) is 12.5 Å². The normalized spacial score (nSPS) is 15.7. The monoisotopic (exact) mass is 276 g/mol. The molecule has 1 heterocycles. The highest BCUT2D eigenvalue weighted by atomic mass is 16.5. The first-order chi connectivity index (χ1) is 8.93. The van der Waals surface area contributed by atoms with Crippen LogP contribution in [0.3, 0.4) is 0 Å². The van der Waals surface area contributed by atoms with Gasteiger partial charge in [0.15, 0.2) is 0 Å². The van der Waals surface area contributed by atoms with Crippen molar-refractivity contribution < 1.29 is 24.5 Å². The largest absolute Gasteiger partial charge is 0.473 e. The van der Waals surface area contributed by atoms with E-state index in [1.54, 1.807) is 0 Å². The fourth-order valence-corrected chi connectivity index (χ4v) is 1.45. The Morgan fingerprint density at radius 2 is 1.74 bits per heavy atom. The zero-order chi connectivity index (χ0) is 14.7. The molecule has 0 saturated carbocycles. The van der Waals surface area contributed by atoms with Crippen LogP contribution in [0, 0.1) is 5.92 Å². The number of carboxylic acids is 2. The fourth-order valence-electron chi connectivity index (χ4n) is 1.45. The van der Waals surface area contributed by atoms with Crippen molar-refractivity contribution in [1.82, 2.24) is 10.2 Å². The first-order valence-corrected chi connectivity index (χ1v) is 6.40. The van der Waals surface area contributed by atoms with Crippen LogP contribution in [0.15, 0.2) is 0 Å². The van der Waals surface area contributed by atoms with Gasteiger partial charge in [-0.1, -0.05) is 13.8 Å². The van der Waals surface area contributed by atoms with Gasteiger partial charge in [0.05, 0.1) is 13.2 Å². The minimum Gasteiger partial charge on any atom is -0.473 e.